The molecule has 0 aromatic rings. The normalized spacial score (nSPS) is 25.8. The summed E-state index contributed by atoms with van der Waals surface area (Å²) in [6.45, 7) is 6.11. The van der Waals surface area contributed by atoms with Crippen molar-refractivity contribution in [1.29, 1.82) is 0 Å². The molecular formula is C12H18O2S. The third kappa shape index (κ3) is 3.46. The van der Waals surface area contributed by atoms with Crippen LogP contribution >= 0.6 is 11.8 Å². The van der Waals surface area contributed by atoms with E-state index in [9.17, 15) is 9.90 Å². The summed E-state index contributed by atoms with van der Waals surface area (Å²) in [5.41, 5.74) is -0.0387. The lowest BCUT2D eigenvalue weighted by molar-refractivity contribution is -0.139. The second kappa shape index (κ2) is 4.49. The predicted octanol–water partition coefficient (Wildman–Crippen LogP) is 2.78. The molecule has 0 aromatic carbocycles. The fourth-order valence-electron chi connectivity index (χ4n) is 1.53. The molecule has 1 saturated heterocycles. The molecule has 1 unspecified atom stereocenters. The van der Waals surface area contributed by atoms with Crippen LogP contribution in [0.3, 0.4) is 0 Å². The Balaban J connectivity index is 2.68. The minimum absolute atomic E-state index is 0.0387. The van der Waals surface area contributed by atoms with Crippen molar-refractivity contribution in [3.63, 3.8) is 0 Å². The molecule has 1 atom stereocenters. The Bertz CT molecular complexity index is 298. The predicted molar refractivity (Wildman–Crippen MR) is 63.9 cm³/mol. The summed E-state index contributed by atoms with van der Waals surface area (Å²) in [4.78, 5) is 11.2. The zero-order valence-electron chi connectivity index (χ0n) is 9.59. The van der Waals surface area contributed by atoms with Crippen LogP contribution in [0.4, 0.5) is 0 Å². The maximum Gasteiger partial charge on any atom is 0.320 e. The van der Waals surface area contributed by atoms with E-state index in [4.69, 9.17) is 0 Å². The van der Waals surface area contributed by atoms with Gasteiger partial charge in [0.25, 0.3) is 0 Å². The van der Waals surface area contributed by atoms with Gasteiger partial charge in [-0.25, -0.2) is 0 Å². The number of hydrogen-bond donors (Lipinski definition) is 1. The minimum atomic E-state index is -0.701. The third-order valence-corrected chi connectivity index (χ3v) is 3.90. The van der Waals surface area contributed by atoms with E-state index in [1.165, 1.54) is 0 Å². The van der Waals surface area contributed by atoms with Crippen molar-refractivity contribution in [1.82, 2.24) is 0 Å². The van der Waals surface area contributed by atoms with Crippen LogP contribution in [0.15, 0.2) is 0 Å². The summed E-state index contributed by atoms with van der Waals surface area (Å²) < 4.78 is -0.627. The Labute approximate surface area is 95.8 Å². The summed E-state index contributed by atoms with van der Waals surface area (Å²) in [5.74, 6) is 6.39. The fourth-order valence-corrected chi connectivity index (χ4v) is 2.80. The lowest BCUT2D eigenvalue weighted by Crippen LogP contribution is -2.31. The molecule has 0 radical (unpaired) electrons. The van der Waals surface area contributed by atoms with E-state index in [0.717, 1.165) is 18.6 Å². The van der Waals surface area contributed by atoms with Gasteiger partial charge in [-0.3, -0.25) is 4.79 Å². The number of thioether (sulfide) groups is 1. The van der Waals surface area contributed by atoms with Crippen molar-refractivity contribution >= 4 is 17.7 Å². The topological polar surface area (TPSA) is 37.3 Å². The molecule has 1 aliphatic rings. The SMILES string of the molecule is CC(C)(C)C#CCC1(C(=O)O)CCCS1. The maximum atomic E-state index is 11.2. The van der Waals surface area contributed by atoms with Crippen molar-refractivity contribution in [2.24, 2.45) is 5.41 Å². The van der Waals surface area contributed by atoms with Crippen molar-refractivity contribution in [3.05, 3.63) is 0 Å². The first-order valence-corrected chi connectivity index (χ1v) is 6.22. The van der Waals surface area contributed by atoms with Crippen molar-refractivity contribution in [2.45, 2.75) is 44.8 Å². The maximum absolute atomic E-state index is 11.2. The molecule has 0 amide bonds. The summed E-state index contributed by atoms with van der Waals surface area (Å²) in [7, 11) is 0. The van der Waals surface area contributed by atoms with Crippen LogP contribution in [0.25, 0.3) is 0 Å². The highest BCUT2D eigenvalue weighted by molar-refractivity contribution is 8.01. The summed E-state index contributed by atoms with van der Waals surface area (Å²) in [5, 5.41) is 9.20. The van der Waals surface area contributed by atoms with Gasteiger partial charge in [-0.1, -0.05) is 5.92 Å². The molecule has 0 saturated carbocycles. The van der Waals surface area contributed by atoms with Crippen molar-refractivity contribution in [3.8, 4) is 11.8 Å². The van der Waals surface area contributed by atoms with Gasteiger partial charge in [0.2, 0.25) is 0 Å². The van der Waals surface area contributed by atoms with Crippen LogP contribution in [-0.4, -0.2) is 21.6 Å². The second-order valence-electron chi connectivity index (χ2n) is 4.98. The molecule has 15 heavy (non-hydrogen) atoms. The van der Waals surface area contributed by atoms with Crippen LogP contribution in [-0.2, 0) is 4.79 Å². The Morgan fingerprint density at radius 3 is 2.60 bits per heavy atom. The van der Waals surface area contributed by atoms with Crippen LogP contribution < -0.4 is 0 Å². The zero-order valence-corrected chi connectivity index (χ0v) is 10.4. The molecule has 84 valence electrons. The van der Waals surface area contributed by atoms with Crippen LogP contribution in [0, 0.1) is 17.3 Å². The van der Waals surface area contributed by atoms with Crippen LogP contribution in [0.1, 0.15) is 40.0 Å². The first kappa shape index (κ1) is 12.4. The molecule has 1 aliphatic heterocycles. The highest BCUT2D eigenvalue weighted by atomic mass is 32.2. The Hall–Kier alpha value is -0.620. The highest BCUT2D eigenvalue weighted by Crippen LogP contribution is 2.40. The van der Waals surface area contributed by atoms with E-state index in [0.29, 0.717) is 6.42 Å². The standard InChI is InChI=1S/C12H18O2S/c1-11(2,3)6-4-7-12(10(13)14)8-5-9-15-12/h5,7-9H2,1-3H3,(H,13,14). The summed E-state index contributed by atoms with van der Waals surface area (Å²) in [6.07, 6.45) is 2.23. The second-order valence-corrected chi connectivity index (χ2v) is 6.46. The molecule has 3 heteroatoms. The van der Waals surface area contributed by atoms with E-state index in [1.807, 2.05) is 20.8 Å². The monoisotopic (exact) mass is 226 g/mol. The largest absolute Gasteiger partial charge is 0.480 e. The van der Waals surface area contributed by atoms with E-state index in [1.54, 1.807) is 11.8 Å². The lowest BCUT2D eigenvalue weighted by Gasteiger charge is -2.19. The smallest absolute Gasteiger partial charge is 0.320 e. The minimum Gasteiger partial charge on any atom is -0.480 e. The summed E-state index contributed by atoms with van der Waals surface area (Å²) >= 11 is 1.55. The number of carboxylic acid groups (broad SMARTS) is 1. The first-order chi connectivity index (χ1) is 6.86. The van der Waals surface area contributed by atoms with Gasteiger partial charge in [0, 0.05) is 11.8 Å². The van der Waals surface area contributed by atoms with E-state index < -0.39 is 10.7 Å². The van der Waals surface area contributed by atoms with E-state index >= 15 is 0 Å². The van der Waals surface area contributed by atoms with Crippen molar-refractivity contribution < 1.29 is 9.90 Å². The average Bonchev–Trinajstić information content (AvgIpc) is 2.51. The summed E-state index contributed by atoms with van der Waals surface area (Å²) in [6, 6.07) is 0. The van der Waals surface area contributed by atoms with Crippen LogP contribution in [0.5, 0.6) is 0 Å². The van der Waals surface area contributed by atoms with Gasteiger partial charge in [0.1, 0.15) is 4.75 Å². The Kier molecular flexibility index (Phi) is 3.72. The van der Waals surface area contributed by atoms with E-state index in [2.05, 4.69) is 11.8 Å². The van der Waals surface area contributed by atoms with Gasteiger partial charge in [-0.05, 0) is 39.4 Å². The molecule has 1 fully saturated rings. The molecule has 0 bridgehead atoms. The van der Waals surface area contributed by atoms with Gasteiger partial charge in [-0.15, -0.1) is 17.7 Å². The third-order valence-electron chi connectivity index (χ3n) is 2.33. The van der Waals surface area contributed by atoms with Crippen LogP contribution in [0.2, 0.25) is 0 Å². The molecular weight excluding hydrogens is 208 g/mol. The van der Waals surface area contributed by atoms with Gasteiger partial charge < -0.3 is 5.11 Å². The Morgan fingerprint density at radius 1 is 1.53 bits per heavy atom. The number of hydrogen-bond acceptors (Lipinski definition) is 2. The Morgan fingerprint density at radius 2 is 2.20 bits per heavy atom. The molecule has 2 nitrogen and oxygen atoms in total. The molecule has 0 spiro atoms. The molecule has 1 rings (SSSR count). The molecule has 0 aliphatic carbocycles. The van der Waals surface area contributed by atoms with Crippen molar-refractivity contribution in [2.75, 3.05) is 5.75 Å². The van der Waals surface area contributed by atoms with Gasteiger partial charge in [-0.2, -0.15) is 0 Å². The quantitative estimate of drug-likeness (QED) is 0.736. The lowest BCUT2D eigenvalue weighted by atomic mass is 9.95. The van der Waals surface area contributed by atoms with Gasteiger partial charge in [0.05, 0.1) is 0 Å². The molecule has 1 heterocycles. The highest BCUT2D eigenvalue weighted by Gasteiger charge is 2.41. The first-order valence-electron chi connectivity index (χ1n) is 5.23. The zero-order chi connectivity index (χ0) is 11.5. The van der Waals surface area contributed by atoms with Gasteiger partial charge in [0.15, 0.2) is 0 Å². The molecule has 0 aromatic heterocycles. The number of carboxylic acids is 1. The average molecular weight is 226 g/mol. The van der Waals surface area contributed by atoms with E-state index in [-0.39, 0.29) is 5.41 Å². The fraction of sp³-hybridized carbons (Fsp3) is 0.750. The molecule has 1 N–H and O–H groups in total. The van der Waals surface area contributed by atoms with Gasteiger partial charge >= 0.3 is 5.97 Å². The number of rotatable bonds is 2. The number of aliphatic carboxylic acids is 1. The number of carbonyl (C=O) groups is 1.